The number of hydrogen-bond acceptors (Lipinski definition) is 5. The highest BCUT2D eigenvalue weighted by atomic mass is 32.2. The van der Waals surface area contributed by atoms with E-state index in [-0.39, 0.29) is 17.9 Å². The van der Waals surface area contributed by atoms with Gasteiger partial charge >= 0.3 is 0 Å². The van der Waals surface area contributed by atoms with Crippen molar-refractivity contribution in [2.45, 2.75) is 43.2 Å². The monoisotopic (exact) mass is 442 g/mol. The highest BCUT2D eigenvalue weighted by Crippen LogP contribution is 2.45. The molecule has 1 aliphatic rings. The summed E-state index contributed by atoms with van der Waals surface area (Å²) in [5, 5.41) is 3.11. The lowest BCUT2D eigenvalue weighted by Gasteiger charge is -2.40. The number of thioether (sulfide) groups is 1. The van der Waals surface area contributed by atoms with Gasteiger partial charge in [0.2, 0.25) is 5.91 Å². The second kappa shape index (κ2) is 9.64. The molecule has 0 radical (unpaired) electrons. The molecule has 0 fully saturated rings. The number of hydrogen-bond donors (Lipinski definition) is 1. The van der Waals surface area contributed by atoms with Crippen molar-refractivity contribution in [3.63, 3.8) is 0 Å². The lowest BCUT2D eigenvalue weighted by atomic mass is 9.79. The van der Waals surface area contributed by atoms with Crippen LogP contribution in [0.25, 0.3) is 0 Å². The van der Waals surface area contributed by atoms with Gasteiger partial charge in [0.15, 0.2) is 11.5 Å². The fraction of sp³-hybridized carbons (Fsp3) is 0.417. The molecule has 2 amide bonds. The Morgan fingerprint density at radius 2 is 1.77 bits per heavy atom. The van der Waals surface area contributed by atoms with E-state index in [1.54, 1.807) is 43.0 Å². The van der Waals surface area contributed by atoms with Crippen LogP contribution in [0.3, 0.4) is 0 Å². The highest BCUT2D eigenvalue weighted by Gasteiger charge is 2.43. The number of benzene rings is 2. The predicted molar refractivity (Wildman–Crippen MR) is 123 cm³/mol. The highest BCUT2D eigenvalue weighted by molar-refractivity contribution is 7.98. The maximum Gasteiger partial charge on any atom is 0.254 e. The van der Waals surface area contributed by atoms with Crippen molar-refractivity contribution in [3.05, 3.63) is 53.1 Å². The Labute approximate surface area is 188 Å². The minimum Gasteiger partial charge on any atom is -0.493 e. The number of methoxy groups -OCH3 is 2. The molecule has 7 heteroatoms. The molecule has 3 rings (SSSR count). The fourth-order valence-electron chi connectivity index (χ4n) is 3.98. The number of ether oxygens (including phenoxy) is 2. The molecule has 166 valence electrons. The summed E-state index contributed by atoms with van der Waals surface area (Å²) in [6, 6.07) is 11.1. The molecule has 0 aliphatic carbocycles. The van der Waals surface area contributed by atoms with E-state index in [2.05, 4.69) is 5.32 Å². The smallest absolute Gasteiger partial charge is 0.254 e. The number of fused-ring (bicyclic) bond motifs is 1. The molecule has 1 N–H and O–H groups in total. The molecular weight excluding hydrogens is 412 g/mol. The number of nitrogens with one attached hydrogen (secondary N) is 1. The molecule has 2 aromatic rings. The summed E-state index contributed by atoms with van der Waals surface area (Å²) in [7, 11) is 4.83. The van der Waals surface area contributed by atoms with Gasteiger partial charge in [0.05, 0.1) is 26.2 Å². The van der Waals surface area contributed by atoms with Gasteiger partial charge in [-0.25, -0.2) is 0 Å². The van der Waals surface area contributed by atoms with Crippen molar-refractivity contribution in [1.29, 1.82) is 0 Å². The number of carbonyl (C=O) groups excluding carboxylic acids is 2. The minimum absolute atomic E-state index is 0.0264. The van der Waals surface area contributed by atoms with E-state index in [4.69, 9.17) is 9.47 Å². The van der Waals surface area contributed by atoms with E-state index in [0.29, 0.717) is 22.6 Å². The van der Waals surface area contributed by atoms with Gasteiger partial charge in [-0.3, -0.25) is 9.59 Å². The normalized spacial score (nSPS) is 18.9. The number of likely N-dealkylation sites (N-methyl/N-ethyl adjacent to an activating group) is 1. The minimum atomic E-state index is -0.577. The third kappa shape index (κ3) is 4.37. The zero-order valence-corrected chi connectivity index (χ0v) is 19.7. The molecule has 0 spiro atoms. The van der Waals surface area contributed by atoms with Crippen molar-refractivity contribution in [2.75, 3.05) is 27.5 Å². The van der Waals surface area contributed by atoms with Crippen LogP contribution in [0.1, 0.15) is 53.7 Å². The number of amides is 2. The Morgan fingerprint density at radius 3 is 2.32 bits per heavy atom. The van der Waals surface area contributed by atoms with Crippen LogP contribution in [-0.2, 0) is 4.79 Å². The first-order valence-corrected chi connectivity index (χ1v) is 11.6. The quantitative estimate of drug-likeness (QED) is 0.650. The molecule has 0 bridgehead atoms. The Morgan fingerprint density at radius 1 is 1.16 bits per heavy atom. The van der Waals surface area contributed by atoms with E-state index < -0.39 is 12.0 Å². The van der Waals surface area contributed by atoms with Gasteiger partial charge in [-0.2, -0.15) is 0 Å². The summed E-state index contributed by atoms with van der Waals surface area (Å²) in [4.78, 5) is 29.6. The van der Waals surface area contributed by atoms with E-state index in [1.807, 2.05) is 44.4 Å². The van der Waals surface area contributed by atoms with Gasteiger partial charge in [0.25, 0.3) is 5.91 Å². The van der Waals surface area contributed by atoms with Gasteiger partial charge in [0.1, 0.15) is 0 Å². The van der Waals surface area contributed by atoms with E-state index >= 15 is 0 Å². The maximum atomic E-state index is 13.5. The molecule has 2 aromatic carbocycles. The topological polar surface area (TPSA) is 67.9 Å². The molecule has 0 saturated carbocycles. The first-order chi connectivity index (χ1) is 14.9. The molecule has 6 nitrogen and oxygen atoms in total. The standard InChI is InChI=1S/C24H30N2O4S/c1-7-14(2)25-23(27)21-17-12-19(29-4)20(30-5)13-18(17)24(28)26(3)22(21)15-8-10-16(31-6)11-9-15/h8-14,21-22H,7H2,1-6H3,(H,25,27). The molecule has 1 heterocycles. The molecule has 3 atom stereocenters. The summed E-state index contributed by atoms with van der Waals surface area (Å²) < 4.78 is 10.9. The second-order valence-electron chi connectivity index (χ2n) is 7.72. The van der Waals surface area contributed by atoms with Crippen LogP contribution in [0.4, 0.5) is 0 Å². The van der Waals surface area contributed by atoms with Crippen molar-refractivity contribution in [2.24, 2.45) is 0 Å². The fourth-order valence-corrected chi connectivity index (χ4v) is 4.39. The maximum absolute atomic E-state index is 13.5. The van der Waals surface area contributed by atoms with Crippen LogP contribution >= 0.6 is 11.8 Å². The molecular formula is C24H30N2O4S. The lowest BCUT2D eigenvalue weighted by molar-refractivity contribution is -0.124. The average Bonchev–Trinajstić information content (AvgIpc) is 2.80. The first-order valence-electron chi connectivity index (χ1n) is 10.3. The van der Waals surface area contributed by atoms with Crippen LogP contribution in [0.15, 0.2) is 41.3 Å². The summed E-state index contributed by atoms with van der Waals surface area (Å²) in [6.45, 7) is 4.01. The predicted octanol–water partition coefficient (Wildman–Crippen LogP) is 4.25. The molecule has 0 aromatic heterocycles. The first kappa shape index (κ1) is 23.0. The average molecular weight is 443 g/mol. The SMILES string of the molecule is CCC(C)NC(=O)C1c2cc(OC)c(OC)cc2C(=O)N(C)C1c1ccc(SC)cc1. The third-order valence-corrected chi connectivity index (χ3v) is 6.66. The van der Waals surface area contributed by atoms with E-state index in [0.717, 1.165) is 16.9 Å². The van der Waals surface area contributed by atoms with Gasteiger partial charge in [0, 0.05) is 23.5 Å². The number of rotatable bonds is 7. The Kier molecular flexibility index (Phi) is 7.15. The van der Waals surface area contributed by atoms with Crippen molar-refractivity contribution >= 4 is 23.6 Å². The van der Waals surface area contributed by atoms with Crippen LogP contribution in [0.2, 0.25) is 0 Å². The second-order valence-corrected chi connectivity index (χ2v) is 8.60. The van der Waals surface area contributed by atoms with Crippen molar-refractivity contribution in [1.82, 2.24) is 10.2 Å². The Hall–Kier alpha value is -2.67. The molecule has 31 heavy (non-hydrogen) atoms. The molecule has 3 unspecified atom stereocenters. The van der Waals surface area contributed by atoms with Crippen LogP contribution in [0.5, 0.6) is 11.5 Å². The lowest BCUT2D eigenvalue weighted by Crippen LogP contribution is -2.47. The van der Waals surface area contributed by atoms with Crippen LogP contribution in [-0.4, -0.2) is 50.3 Å². The number of carbonyl (C=O) groups is 2. The van der Waals surface area contributed by atoms with Crippen molar-refractivity contribution < 1.29 is 19.1 Å². The molecule has 0 saturated heterocycles. The summed E-state index contributed by atoms with van der Waals surface area (Å²) >= 11 is 1.65. The van der Waals surface area contributed by atoms with Crippen LogP contribution < -0.4 is 14.8 Å². The largest absolute Gasteiger partial charge is 0.493 e. The van der Waals surface area contributed by atoms with Gasteiger partial charge < -0.3 is 19.7 Å². The zero-order valence-electron chi connectivity index (χ0n) is 18.9. The summed E-state index contributed by atoms with van der Waals surface area (Å²) in [5.41, 5.74) is 2.03. The van der Waals surface area contributed by atoms with Crippen LogP contribution in [0, 0.1) is 0 Å². The number of nitrogens with zero attached hydrogens (tertiary/aromatic N) is 1. The van der Waals surface area contributed by atoms with E-state index in [1.165, 1.54) is 7.11 Å². The zero-order chi connectivity index (χ0) is 22.7. The Balaban J connectivity index is 2.19. The molecule has 1 aliphatic heterocycles. The van der Waals surface area contributed by atoms with Crippen molar-refractivity contribution in [3.8, 4) is 11.5 Å². The Bertz CT molecular complexity index is 961. The van der Waals surface area contributed by atoms with Gasteiger partial charge in [-0.15, -0.1) is 11.8 Å². The van der Waals surface area contributed by atoms with Gasteiger partial charge in [-0.05, 0) is 55.0 Å². The summed E-state index contributed by atoms with van der Waals surface area (Å²) in [6.07, 6.45) is 2.84. The third-order valence-electron chi connectivity index (χ3n) is 5.92. The van der Waals surface area contributed by atoms with Gasteiger partial charge in [-0.1, -0.05) is 19.1 Å². The van der Waals surface area contributed by atoms with E-state index in [9.17, 15) is 9.59 Å². The summed E-state index contributed by atoms with van der Waals surface area (Å²) in [5.74, 6) is 0.124.